The predicted octanol–water partition coefficient (Wildman–Crippen LogP) is -1.03. The minimum Gasteiger partial charge on any atom is -0.394 e. The molecule has 0 saturated heterocycles. The van der Waals surface area contributed by atoms with Crippen LogP contribution in [-0.4, -0.2) is 23.4 Å². The van der Waals surface area contributed by atoms with E-state index in [1.165, 1.54) is 0 Å². The average molecular weight is 113 g/mol. The van der Waals surface area contributed by atoms with Crippen molar-refractivity contribution in [2.75, 3.05) is 13.2 Å². The molecule has 0 amide bonds. The molecule has 1 radical (unpaired) electrons. The Morgan fingerprint density at radius 3 is 1.20 bits per heavy atom. The van der Waals surface area contributed by atoms with Crippen molar-refractivity contribution in [2.45, 2.75) is 0 Å². The van der Waals surface area contributed by atoms with Gasteiger partial charge in [0, 0.05) is 18.6 Å². The maximum atomic E-state index is 7.62. The first-order valence-electron chi connectivity index (χ1n) is 1.13. The van der Waals surface area contributed by atoms with Gasteiger partial charge >= 0.3 is 0 Å². The molecule has 2 nitrogen and oxygen atoms in total. The molecule has 0 atom stereocenters. The number of aliphatic hydroxyl groups is 2. The van der Waals surface area contributed by atoms with E-state index in [-0.39, 0.29) is 31.8 Å². The van der Waals surface area contributed by atoms with E-state index in [1.807, 2.05) is 0 Å². The number of aliphatic hydroxyl groups excluding tert-OH is 2. The van der Waals surface area contributed by atoms with E-state index >= 15 is 0 Å². The van der Waals surface area contributed by atoms with Crippen LogP contribution in [0.25, 0.3) is 0 Å². The molecular formula is C2H6O2V. The second kappa shape index (κ2) is 8.82. The quantitative estimate of drug-likeness (QED) is 0.456. The second-order valence-corrected chi connectivity index (χ2v) is 0.447. The zero-order chi connectivity index (χ0) is 3.41. The molecule has 0 heterocycles. The Balaban J connectivity index is 0. The Morgan fingerprint density at radius 1 is 1.00 bits per heavy atom. The van der Waals surface area contributed by atoms with Gasteiger partial charge in [0.15, 0.2) is 0 Å². The van der Waals surface area contributed by atoms with Gasteiger partial charge in [-0.15, -0.1) is 0 Å². The maximum absolute atomic E-state index is 7.62. The van der Waals surface area contributed by atoms with E-state index in [1.54, 1.807) is 0 Å². The fraction of sp³-hybridized carbons (Fsp3) is 1.00. The summed E-state index contributed by atoms with van der Waals surface area (Å²) in [4.78, 5) is 0. The SMILES string of the molecule is OCCO.[V]. The molecule has 0 fully saturated rings. The third-order valence-corrected chi connectivity index (χ3v) is 0.1000. The number of hydrogen-bond donors (Lipinski definition) is 2. The summed E-state index contributed by atoms with van der Waals surface area (Å²) in [5.41, 5.74) is 0. The van der Waals surface area contributed by atoms with Gasteiger partial charge in [-0.05, 0) is 0 Å². The van der Waals surface area contributed by atoms with Crippen molar-refractivity contribution in [3.8, 4) is 0 Å². The molecule has 0 unspecified atom stereocenters. The molecule has 0 aliphatic rings. The van der Waals surface area contributed by atoms with Gasteiger partial charge in [-0.3, -0.25) is 0 Å². The van der Waals surface area contributed by atoms with Crippen LogP contribution < -0.4 is 0 Å². The van der Waals surface area contributed by atoms with Crippen LogP contribution in [-0.2, 0) is 18.6 Å². The van der Waals surface area contributed by atoms with Crippen LogP contribution in [0, 0.1) is 0 Å². The van der Waals surface area contributed by atoms with Crippen LogP contribution in [0.2, 0.25) is 0 Å². The van der Waals surface area contributed by atoms with Gasteiger partial charge in [0.05, 0.1) is 13.2 Å². The van der Waals surface area contributed by atoms with Gasteiger partial charge in [0.2, 0.25) is 0 Å². The first-order chi connectivity index (χ1) is 1.91. The second-order valence-electron chi connectivity index (χ2n) is 0.447. The van der Waals surface area contributed by atoms with Crippen molar-refractivity contribution in [1.29, 1.82) is 0 Å². The Morgan fingerprint density at radius 2 is 1.20 bits per heavy atom. The Hall–Kier alpha value is 0.504. The molecule has 0 aromatic heterocycles. The summed E-state index contributed by atoms with van der Waals surface area (Å²) in [6.07, 6.45) is 0. The van der Waals surface area contributed by atoms with Crippen LogP contribution >= 0.6 is 0 Å². The van der Waals surface area contributed by atoms with Crippen LogP contribution in [0.1, 0.15) is 0 Å². The Bertz CT molecular complexity index is 9.61. The Labute approximate surface area is 42.7 Å². The topological polar surface area (TPSA) is 40.5 Å². The minimum atomic E-state index is -0.125. The summed E-state index contributed by atoms with van der Waals surface area (Å²) < 4.78 is 0. The summed E-state index contributed by atoms with van der Waals surface area (Å²) in [5.74, 6) is 0. The molecule has 0 saturated carbocycles. The van der Waals surface area contributed by atoms with E-state index < -0.39 is 0 Å². The summed E-state index contributed by atoms with van der Waals surface area (Å²) in [6.45, 7) is -0.250. The standard InChI is InChI=1S/C2H6O2.V/c3-1-2-4;/h3-4H,1-2H2;. The van der Waals surface area contributed by atoms with E-state index in [9.17, 15) is 0 Å². The number of hydrogen-bond acceptors (Lipinski definition) is 2. The zero-order valence-corrected chi connectivity index (χ0v) is 4.15. The molecule has 0 aromatic rings. The first kappa shape index (κ1) is 9.09. The molecule has 3 heteroatoms. The summed E-state index contributed by atoms with van der Waals surface area (Å²) >= 11 is 0. The maximum Gasteiger partial charge on any atom is 0.0662 e. The van der Waals surface area contributed by atoms with Gasteiger partial charge in [-0.25, -0.2) is 0 Å². The van der Waals surface area contributed by atoms with Gasteiger partial charge in [-0.1, -0.05) is 0 Å². The van der Waals surface area contributed by atoms with Crippen LogP contribution in [0.4, 0.5) is 0 Å². The molecule has 0 aromatic carbocycles. The molecule has 2 N–H and O–H groups in total. The summed E-state index contributed by atoms with van der Waals surface area (Å²) in [6, 6.07) is 0. The molecular weight excluding hydrogens is 107 g/mol. The van der Waals surface area contributed by atoms with Crippen LogP contribution in [0.15, 0.2) is 0 Å². The summed E-state index contributed by atoms with van der Waals surface area (Å²) in [5, 5.41) is 15.2. The van der Waals surface area contributed by atoms with Crippen molar-refractivity contribution in [3.63, 3.8) is 0 Å². The normalized spacial score (nSPS) is 6.00. The molecule has 0 rings (SSSR count). The Kier molecular flexibility index (Phi) is 16.0. The zero-order valence-electron chi connectivity index (χ0n) is 2.76. The van der Waals surface area contributed by atoms with Crippen LogP contribution in [0.3, 0.4) is 0 Å². The molecule has 5 heavy (non-hydrogen) atoms. The minimum absolute atomic E-state index is 0. The molecule has 31 valence electrons. The molecule has 0 bridgehead atoms. The third kappa shape index (κ3) is 12.5. The monoisotopic (exact) mass is 113 g/mol. The predicted molar refractivity (Wildman–Crippen MR) is 14.2 cm³/mol. The van der Waals surface area contributed by atoms with E-state index in [4.69, 9.17) is 10.2 Å². The largest absolute Gasteiger partial charge is 0.394 e. The van der Waals surface area contributed by atoms with E-state index in [0.717, 1.165) is 0 Å². The molecule has 0 aliphatic carbocycles. The van der Waals surface area contributed by atoms with Gasteiger partial charge in [0.1, 0.15) is 0 Å². The molecule has 0 aliphatic heterocycles. The van der Waals surface area contributed by atoms with Gasteiger partial charge in [-0.2, -0.15) is 0 Å². The van der Waals surface area contributed by atoms with Gasteiger partial charge < -0.3 is 10.2 Å². The van der Waals surface area contributed by atoms with Crippen molar-refractivity contribution in [2.24, 2.45) is 0 Å². The van der Waals surface area contributed by atoms with E-state index in [0.29, 0.717) is 0 Å². The fourth-order valence-corrected chi connectivity index (χ4v) is 0. The van der Waals surface area contributed by atoms with Crippen LogP contribution in [0.5, 0.6) is 0 Å². The number of rotatable bonds is 1. The van der Waals surface area contributed by atoms with Crippen molar-refractivity contribution in [1.82, 2.24) is 0 Å². The summed E-state index contributed by atoms with van der Waals surface area (Å²) in [7, 11) is 0. The van der Waals surface area contributed by atoms with Crippen molar-refractivity contribution in [3.05, 3.63) is 0 Å². The average Bonchev–Trinajstić information content (AvgIpc) is 1.37. The first-order valence-corrected chi connectivity index (χ1v) is 1.13. The molecule has 0 spiro atoms. The van der Waals surface area contributed by atoms with Gasteiger partial charge in [0.25, 0.3) is 0 Å². The smallest absolute Gasteiger partial charge is 0.0662 e. The van der Waals surface area contributed by atoms with Crippen molar-refractivity contribution < 1.29 is 28.8 Å². The van der Waals surface area contributed by atoms with Crippen molar-refractivity contribution >= 4 is 0 Å². The fourth-order valence-electron chi connectivity index (χ4n) is 0. The van der Waals surface area contributed by atoms with E-state index in [2.05, 4.69) is 0 Å². The third-order valence-electron chi connectivity index (χ3n) is 0.1000.